The Morgan fingerprint density at radius 3 is 2.58 bits per heavy atom. The average Bonchev–Trinajstić information content (AvgIpc) is 2.82. The first kappa shape index (κ1) is 22.6. The van der Waals surface area contributed by atoms with Crippen molar-refractivity contribution in [1.29, 1.82) is 0 Å². The van der Waals surface area contributed by atoms with E-state index in [-0.39, 0.29) is 23.1 Å². The van der Waals surface area contributed by atoms with Crippen LogP contribution >= 0.6 is 0 Å². The lowest BCUT2D eigenvalue weighted by atomic mass is 9.93. The Labute approximate surface area is 193 Å². The lowest BCUT2D eigenvalue weighted by Crippen LogP contribution is -2.42. The molecular weight excluding hydrogens is 416 g/mol. The summed E-state index contributed by atoms with van der Waals surface area (Å²) in [6.07, 6.45) is 7.95. The van der Waals surface area contributed by atoms with Crippen molar-refractivity contribution in [2.45, 2.75) is 39.2 Å². The Bertz CT molecular complexity index is 1240. The van der Waals surface area contributed by atoms with Crippen LogP contribution in [0, 0.1) is 13.8 Å². The number of carbonyl (C=O) groups is 1. The van der Waals surface area contributed by atoms with Gasteiger partial charge in [0, 0.05) is 57.5 Å². The molecule has 1 aliphatic rings. The van der Waals surface area contributed by atoms with Gasteiger partial charge in [-0.05, 0) is 62.4 Å². The predicted molar refractivity (Wildman–Crippen MR) is 128 cm³/mol. The molecule has 4 rings (SSSR count). The highest BCUT2D eigenvalue weighted by Gasteiger charge is 2.34. The highest BCUT2D eigenvalue weighted by atomic mass is 16.2. The fourth-order valence-electron chi connectivity index (χ4n) is 4.45. The molecule has 1 saturated heterocycles. The predicted octanol–water partition coefficient (Wildman–Crippen LogP) is 3.29. The van der Waals surface area contributed by atoms with Crippen LogP contribution in [0.1, 0.15) is 52.6 Å². The molecule has 0 saturated carbocycles. The van der Waals surface area contributed by atoms with Gasteiger partial charge in [-0.1, -0.05) is 0 Å². The zero-order valence-electron chi connectivity index (χ0n) is 19.9. The molecule has 0 bridgehead atoms. The van der Waals surface area contributed by atoms with Crippen molar-refractivity contribution >= 4 is 11.9 Å². The van der Waals surface area contributed by atoms with E-state index in [1.54, 1.807) is 19.4 Å². The number of aryl methyl sites for hydroxylation is 2. The summed E-state index contributed by atoms with van der Waals surface area (Å²) in [4.78, 5) is 44.1. The molecule has 0 spiro atoms. The minimum atomic E-state index is -0.257. The van der Waals surface area contributed by atoms with Gasteiger partial charge in [0.15, 0.2) is 0 Å². The van der Waals surface area contributed by atoms with E-state index >= 15 is 0 Å². The fraction of sp³-hybridized carbons (Fsp3) is 0.400. The minimum absolute atomic E-state index is 0.233. The molecule has 8 nitrogen and oxygen atoms in total. The van der Waals surface area contributed by atoms with Gasteiger partial charge in [-0.25, -0.2) is 9.97 Å². The van der Waals surface area contributed by atoms with Crippen LogP contribution in [-0.4, -0.2) is 51.0 Å². The normalized spacial score (nSPS) is 16.0. The number of piperidine rings is 1. The Balaban J connectivity index is 1.85. The van der Waals surface area contributed by atoms with Crippen molar-refractivity contribution in [3.8, 4) is 11.1 Å². The lowest BCUT2D eigenvalue weighted by molar-refractivity contribution is 0.0603. The van der Waals surface area contributed by atoms with Crippen LogP contribution in [0.25, 0.3) is 11.1 Å². The molecule has 0 aromatic carbocycles. The molecule has 0 radical (unpaired) electrons. The Hall–Kier alpha value is -3.55. The second-order valence-corrected chi connectivity index (χ2v) is 8.82. The van der Waals surface area contributed by atoms with E-state index in [0.29, 0.717) is 18.1 Å². The maximum atomic E-state index is 13.8. The van der Waals surface area contributed by atoms with Crippen LogP contribution in [0.15, 0.2) is 41.6 Å². The molecule has 0 N–H and O–H groups in total. The molecule has 8 heteroatoms. The van der Waals surface area contributed by atoms with E-state index < -0.39 is 0 Å². The first-order valence-corrected chi connectivity index (χ1v) is 11.2. The number of likely N-dealkylation sites (tertiary alicyclic amines) is 1. The van der Waals surface area contributed by atoms with Gasteiger partial charge in [0.25, 0.3) is 11.5 Å². The number of carbonyl (C=O) groups excluding carboxylic acids is 1. The molecular formula is C25H30N6O2. The highest BCUT2D eigenvalue weighted by molar-refractivity contribution is 5.95. The van der Waals surface area contributed by atoms with Crippen LogP contribution < -0.4 is 10.5 Å². The summed E-state index contributed by atoms with van der Waals surface area (Å²) in [5, 5.41) is 0. The zero-order chi connectivity index (χ0) is 23.7. The Kier molecular flexibility index (Phi) is 6.26. The third-order valence-electron chi connectivity index (χ3n) is 6.36. The van der Waals surface area contributed by atoms with E-state index in [4.69, 9.17) is 4.98 Å². The molecule has 172 valence electrons. The number of anilines is 1. The smallest absolute Gasteiger partial charge is 0.263 e. The number of amides is 1. The number of nitrogens with zero attached hydrogens (tertiary/aromatic N) is 6. The zero-order valence-corrected chi connectivity index (χ0v) is 19.9. The molecule has 1 fully saturated rings. The summed E-state index contributed by atoms with van der Waals surface area (Å²) in [5.74, 6) is 0.353. The minimum Gasteiger partial charge on any atom is -0.347 e. The summed E-state index contributed by atoms with van der Waals surface area (Å²) in [5.41, 5.74) is 4.14. The van der Waals surface area contributed by atoms with Crippen molar-refractivity contribution in [1.82, 2.24) is 24.4 Å². The molecule has 1 atom stereocenters. The third kappa shape index (κ3) is 4.25. The van der Waals surface area contributed by atoms with Crippen LogP contribution in [-0.2, 0) is 7.05 Å². The van der Waals surface area contributed by atoms with Crippen LogP contribution in [0.2, 0.25) is 0 Å². The third-order valence-corrected chi connectivity index (χ3v) is 6.36. The standard InChI is InChI=1S/C25H30N6O2/c1-16-14-17(2)30(5)23(32)21(16)24(33)31-13-7-6-8-20(31)22-19(18-9-11-26-12-10-18)15-27-25(28-22)29(3)4/h9-12,14-15,20H,6-8,13H2,1-5H3. The topological polar surface area (TPSA) is 84.2 Å². The first-order valence-electron chi connectivity index (χ1n) is 11.2. The Morgan fingerprint density at radius 2 is 1.88 bits per heavy atom. The van der Waals surface area contributed by atoms with Gasteiger partial charge in [-0.2, -0.15) is 0 Å². The summed E-state index contributed by atoms with van der Waals surface area (Å²) in [6, 6.07) is 5.49. The van der Waals surface area contributed by atoms with Crippen LogP contribution in [0.5, 0.6) is 0 Å². The SMILES string of the molecule is Cc1cc(C)n(C)c(=O)c1C(=O)N1CCCCC1c1nc(N(C)C)ncc1-c1ccncc1. The fourth-order valence-corrected chi connectivity index (χ4v) is 4.45. The number of pyridine rings is 2. The molecule has 33 heavy (non-hydrogen) atoms. The highest BCUT2D eigenvalue weighted by Crippen LogP contribution is 2.37. The van der Waals surface area contributed by atoms with Gasteiger partial charge in [0.05, 0.1) is 11.7 Å². The van der Waals surface area contributed by atoms with E-state index in [1.165, 1.54) is 4.57 Å². The molecule has 1 amide bonds. The summed E-state index contributed by atoms with van der Waals surface area (Å²) < 4.78 is 1.54. The monoisotopic (exact) mass is 446 g/mol. The average molecular weight is 447 g/mol. The second kappa shape index (κ2) is 9.13. The van der Waals surface area contributed by atoms with Gasteiger partial charge in [-0.15, -0.1) is 0 Å². The summed E-state index contributed by atoms with van der Waals surface area (Å²) >= 11 is 0. The summed E-state index contributed by atoms with van der Waals surface area (Å²) in [7, 11) is 5.50. The number of hydrogen-bond donors (Lipinski definition) is 0. The number of hydrogen-bond acceptors (Lipinski definition) is 6. The van der Waals surface area contributed by atoms with Crippen molar-refractivity contribution < 1.29 is 4.79 Å². The Morgan fingerprint density at radius 1 is 1.15 bits per heavy atom. The van der Waals surface area contributed by atoms with E-state index in [1.807, 2.05) is 62.1 Å². The van der Waals surface area contributed by atoms with Crippen LogP contribution in [0.3, 0.4) is 0 Å². The molecule has 1 unspecified atom stereocenters. The van der Waals surface area contributed by atoms with E-state index in [9.17, 15) is 9.59 Å². The van der Waals surface area contributed by atoms with Gasteiger partial charge in [0.1, 0.15) is 5.56 Å². The van der Waals surface area contributed by atoms with Gasteiger partial charge < -0.3 is 14.4 Å². The van der Waals surface area contributed by atoms with Crippen molar-refractivity contribution in [2.24, 2.45) is 7.05 Å². The molecule has 3 aromatic heterocycles. The molecule has 1 aliphatic heterocycles. The largest absolute Gasteiger partial charge is 0.347 e. The van der Waals surface area contributed by atoms with Crippen molar-refractivity contribution in [3.63, 3.8) is 0 Å². The van der Waals surface area contributed by atoms with Crippen molar-refractivity contribution in [3.05, 3.63) is 69.7 Å². The summed E-state index contributed by atoms with van der Waals surface area (Å²) in [6.45, 7) is 4.28. The van der Waals surface area contributed by atoms with Gasteiger partial charge in [0.2, 0.25) is 5.95 Å². The molecule has 3 aromatic rings. The second-order valence-electron chi connectivity index (χ2n) is 8.82. The maximum Gasteiger partial charge on any atom is 0.263 e. The number of aromatic nitrogens is 4. The lowest BCUT2D eigenvalue weighted by Gasteiger charge is -2.36. The van der Waals surface area contributed by atoms with E-state index in [2.05, 4.69) is 9.97 Å². The maximum absolute atomic E-state index is 13.8. The van der Waals surface area contributed by atoms with E-state index in [0.717, 1.165) is 41.8 Å². The van der Waals surface area contributed by atoms with Crippen molar-refractivity contribution in [2.75, 3.05) is 25.5 Å². The molecule has 0 aliphatic carbocycles. The number of rotatable bonds is 4. The van der Waals surface area contributed by atoms with Crippen LogP contribution in [0.4, 0.5) is 5.95 Å². The first-order chi connectivity index (χ1) is 15.8. The quantitative estimate of drug-likeness (QED) is 0.612. The van der Waals surface area contributed by atoms with Gasteiger partial charge >= 0.3 is 0 Å². The molecule has 4 heterocycles. The van der Waals surface area contributed by atoms with Gasteiger partial charge in [-0.3, -0.25) is 14.6 Å².